The van der Waals surface area contributed by atoms with Gasteiger partial charge in [0.25, 0.3) is 5.91 Å². The molecule has 0 aromatic heterocycles. The average molecular weight is 596 g/mol. The van der Waals surface area contributed by atoms with Crippen LogP contribution in [0.3, 0.4) is 0 Å². The number of nitriles is 1. The molecule has 3 aliphatic carbocycles. The van der Waals surface area contributed by atoms with Crippen LogP contribution >= 0.6 is 0 Å². The molecule has 6 atom stereocenters. The molecule has 43 heavy (non-hydrogen) atoms. The average Bonchev–Trinajstić information content (AvgIpc) is 2.91. The number of ether oxygens (including phenoxy) is 1. The zero-order chi connectivity index (χ0) is 32.6. The first-order valence-corrected chi connectivity index (χ1v) is 15.8. The highest BCUT2D eigenvalue weighted by molar-refractivity contribution is 6.02. The number of carbonyl (C=O) groups excluding carboxylic acids is 4. The lowest BCUT2D eigenvalue weighted by Crippen LogP contribution is -2.56. The number of hydrogen-bond acceptors (Lipinski definition) is 6. The number of fused-ring (bicyclic) bond motifs is 1. The summed E-state index contributed by atoms with van der Waals surface area (Å²) in [7, 11) is 1.43. The number of nitrogens with one attached hydrogen (secondary N) is 2. The summed E-state index contributed by atoms with van der Waals surface area (Å²) in [5.74, 6) is -0.963. The van der Waals surface area contributed by atoms with Crippen molar-refractivity contribution < 1.29 is 23.9 Å². The molecule has 238 valence electrons. The number of Topliss-reactive ketones (excluding diaryl/α,β-unsaturated/α-hetero) is 1. The maximum atomic E-state index is 13.9. The van der Waals surface area contributed by atoms with Crippen molar-refractivity contribution in [1.82, 2.24) is 10.9 Å². The van der Waals surface area contributed by atoms with Crippen molar-refractivity contribution in [2.45, 2.75) is 107 Å². The van der Waals surface area contributed by atoms with Crippen LogP contribution in [0.15, 0.2) is 23.3 Å². The van der Waals surface area contributed by atoms with E-state index >= 15 is 0 Å². The predicted octanol–water partition coefficient (Wildman–Crippen LogP) is 6.03. The van der Waals surface area contributed by atoms with E-state index in [1.54, 1.807) is 13.0 Å². The molecule has 0 spiro atoms. The molecule has 0 aromatic rings. The van der Waals surface area contributed by atoms with Gasteiger partial charge >= 0.3 is 0 Å². The van der Waals surface area contributed by atoms with Crippen LogP contribution in [0.4, 0.5) is 0 Å². The molecule has 0 bridgehead atoms. The number of allylic oxidation sites excluding steroid dienone is 4. The van der Waals surface area contributed by atoms with E-state index in [9.17, 15) is 24.4 Å². The number of hydrogen-bond donors (Lipinski definition) is 2. The number of methoxy groups -OCH3 is 1. The van der Waals surface area contributed by atoms with Gasteiger partial charge in [-0.25, -0.2) is 0 Å². The van der Waals surface area contributed by atoms with Crippen LogP contribution in [0.2, 0.25) is 0 Å². The minimum absolute atomic E-state index is 0.00000445. The maximum absolute atomic E-state index is 13.9. The highest BCUT2D eigenvalue weighted by Crippen LogP contribution is 2.65. The van der Waals surface area contributed by atoms with Crippen molar-refractivity contribution in [2.75, 3.05) is 13.7 Å². The van der Waals surface area contributed by atoms with Gasteiger partial charge in [0.15, 0.2) is 11.6 Å². The number of carbonyl (C=O) groups is 4. The van der Waals surface area contributed by atoms with E-state index in [4.69, 9.17) is 4.74 Å². The molecule has 3 rings (SSSR count). The summed E-state index contributed by atoms with van der Waals surface area (Å²) in [5.41, 5.74) is 4.46. The van der Waals surface area contributed by atoms with Gasteiger partial charge in [0.2, 0.25) is 5.91 Å². The van der Waals surface area contributed by atoms with Gasteiger partial charge < -0.3 is 4.74 Å². The van der Waals surface area contributed by atoms with Crippen LogP contribution in [0.25, 0.3) is 0 Å². The third kappa shape index (κ3) is 6.38. The fourth-order valence-corrected chi connectivity index (χ4v) is 8.72. The van der Waals surface area contributed by atoms with Crippen LogP contribution in [-0.4, -0.2) is 37.1 Å². The fraction of sp³-hybridized carbons (Fsp3) is 0.743. The van der Waals surface area contributed by atoms with E-state index in [1.807, 2.05) is 13.0 Å². The Morgan fingerprint density at radius 3 is 2.33 bits per heavy atom. The summed E-state index contributed by atoms with van der Waals surface area (Å²) in [6, 6.07) is 2.12. The van der Waals surface area contributed by atoms with Gasteiger partial charge in [0, 0.05) is 18.4 Å². The molecule has 0 heterocycles. The summed E-state index contributed by atoms with van der Waals surface area (Å²) < 4.78 is 4.90. The molecule has 0 radical (unpaired) electrons. The molecule has 0 aromatic carbocycles. The van der Waals surface area contributed by atoms with E-state index in [1.165, 1.54) is 7.11 Å². The smallest absolute Gasteiger partial charge is 0.264 e. The highest BCUT2D eigenvalue weighted by Gasteiger charge is 2.59. The Labute approximate surface area is 258 Å². The SMILES string of the molecule is COCC(=O)NNC(=O)[C@]1(CCC(C)(C)[C@]2(C)CC[C@H]3[C@H](C)C(=O)C(C#N)=C[C@]3(C)/C2=C/C(C)=O)CCC(C)(C)CC1C. The largest absolute Gasteiger partial charge is 0.375 e. The van der Waals surface area contributed by atoms with Gasteiger partial charge in [-0.15, -0.1) is 0 Å². The van der Waals surface area contributed by atoms with Gasteiger partial charge in [0.05, 0.1) is 11.0 Å². The molecule has 2 saturated carbocycles. The second-order valence-electron chi connectivity index (χ2n) is 15.5. The Balaban J connectivity index is 2.02. The maximum Gasteiger partial charge on any atom is 0.264 e. The van der Waals surface area contributed by atoms with Crippen LogP contribution in [0, 0.1) is 56.2 Å². The summed E-state index contributed by atoms with van der Waals surface area (Å²) in [4.78, 5) is 51.7. The number of ketones is 2. The molecule has 2 fully saturated rings. The van der Waals surface area contributed by atoms with Crippen molar-refractivity contribution in [3.05, 3.63) is 23.3 Å². The first kappa shape index (κ1) is 34.7. The van der Waals surface area contributed by atoms with Crippen LogP contribution in [0.5, 0.6) is 0 Å². The molecule has 1 unspecified atom stereocenters. The van der Waals surface area contributed by atoms with Crippen molar-refractivity contribution in [3.63, 3.8) is 0 Å². The molecular formula is C35H53N3O5. The minimum Gasteiger partial charge on any atom is -0.375 e. The Morgan fingerprint density at radius 1 is 1.12 bits per heavy atom. The third-order valence-electron chi connectivity index (χ3n) is 11.9. The molecule has 8 heteroatoms. The third-order valence-corrected chi connectivity index (χ3v) is 11.9. The summed E-state index contributed by atoms with van der Waals surface area (Å²) >= 11 is 0. The minimum atomic E-state index is -0.672. The van der Waals surface area contributed by atoms with Gasteiger partial charge in [0.1, 0.15) is 12.7 Å². The number of amides is 2. The Bertz CT molecular complexity index is 1260. The summed E-state index contributed by atoms with van der Waals surface area (Å²) in [6.45, 7) is 18.7. The van der Waals surface area contributed by atoms with E-state index in [2.05, 4.69) is 65.4 Å². The Morgan fingerprint density at radius 2 is 1.77 bits per heavy atom. The second kappa shape index (κ2) is 12.3. The number of hydrazine groups is 1. The lowest BCUT2D eigenvalue weighted by molar-refractivity contribution is -0.144. The lowest BCUT2D eigenvalue weighted by atomic mass is 9.44. The summed E-state index contributed by atoms with van der Waals surface area (Å²) in [6.07, 6.45) is 9.02. The molecule has 3 aliphatic rings. The van der Waals surface area contributed by atoms with Crippen molar-refractivity contribution >= 4 is 23.4 Å². The van der Waals surface area contributed by atoms with Crippen molar-refractivity contribution in [1.29, 1.82) is 5.26 Å². The quantitative estimate of drug-likeness (QED) is 0.261. The molecular weight excluding hydrogens is 542 g/mol. The normalized spacial score (nSPS) is 34.9. The first-order chi connectivity index (χ1) is 19.8. The summed E-state index contributed by atoms with van der Waals surface area (Å²) in [5, 5.41) is 9.82. The van der Waals surface area contributed by atoms with E-state index in [-0.39, 0.29) is 58.2 Å². The number of nitrogens with zero attached hydrogens (tertiary/aromatic N) is 1. The van der Waals surface area contributed by atoms with E-state index < -0.39 is 22.2 Å². The topological polar surface area (TPSA) is 125 Å². The van der Waals surface area contributed by atoms with E-state index in [0.717, 1.165) is 31.3 Å². The monoisotopic (exact) mass is 595 g/mol. The van der Waals surface area contributed by atoms with Gasteiger partial charge in [-0.05, 0) is 86.0 Å². The zero-order valence-corrected chi connectivity index (χ0v) is 28.0. The van der Waals surface area contributed by atoms with Crippen LogP contribution in [-0.2, 0) is 23.9 Å². The van der Waals surface area contributed by atoms with Crippen molar-refractivity contribution in [3.8, 4) is 6.07 Å². The van der Waals surface area contributed by atoms with Crippen LogP contribution in [0.1, 0.15) is 107 Å². The first-order valence-electron chi connectivity index (χ1n) is 15.8. The molecule has 0 saturated heterocycles. The van der Waals surface area contributed by atoms with Gasteiger partial charge in [-0.1, -0.05) is 67.0 Å². The molecule has 8 nitrogen and oxygen atoms in total. The zero-order valence-electron chi connectivity index (χ0n) is 28.0. The second-order valence-corrected chi connectivity index (χ2v) is 15.5. The number of rotatable bonds is 8. The van der Waals surface area contributed by atoms with Crippen molar-refractivity contribution in [2.24, 2.45) is 44.8 Å². The molecule has 2 amide bonds. The predicted molar refractivity (Wildman–Crippen MR) is 166 cm³/mol. The Kier molecular flexibility index (Phi) is 9.93. The fourth-order valence-electron chi connectivity index (χ4n) is 8.72. The molecule has 0 aliphatic heterocycles. The van der Waals surface area contributed by atoms with Crippen LogP contribution < -0.4 is 10.9 Å². The Hall–Kier alpha value is -2.79. The standard InChI is InChI=1S/C35H53N3O5/c1-22-18-31(4,5)13-15-35(22,30(42)38-37-28(40)21-43-10)16-14-32(6,7)34(9)12-11-26-24(3)29(41)25(20-36)19-33(26,8)27(34)17-23(2)39/h17,19,22,24,26H,11-16,18,21H2,1-10H3,(H,37,40)(H,38,42)/b27-17-/t22?,24-,26-,33-,34+,35-/m0/s1. The van der Waals surface area contributed by atoms with Gasteiger partial charge in [-0.3, -0.25) is 30.0 Å². The molecule has 2 N–H and O–H groups in total. The highest BCUT2D eigenvalue weighted by atomic mass is 16.5. The lowest BCUT2D eigenvalue weighted by Gasteiger charge is -2.59. The van der Waals surface area contributed by atoms with Gasteiger partial charge in [-0.2, -0.15) is 5.26 Å². The van der Waals surface area contributed by atoms with E-state index in [0.29, 0.717) is 19.3 Å².